The highest BCUT2D eigenvalue weighted by Gasteiger charge is 2.11. The van der Waals surface area contributed by atoms with E-state index < -0.39 is 0 Å². The minimum Gasteiger partial charge on any atom is -0.357 e. The Morgan fingerprint density at radius 1 is 1.17 bits per heavy atom. The molecule has 1 rings (SSSR count). The summed E-state index contributed by atoms with van der Waals surface area (Å²) in [5, 5.41) is 6.17. The van der Waals surface area contributed by atoms with Crippen molar-refractivity contribution in [3.63, 3.8) is 0 Å². The van der Waals surface area contributed by atoms with Crippen LogP contribution in [0.1, 0.15) is 36.7 Å². The maximum absolute atomic E-state index is 12.2. The first-order valence-electron chi connectivity index (χ1n) is 8.00. The number of hydrogen-bond donors (Lipinski definition) is 2. The maximum atomic E-state index is 12.2. The molecular formula is C18H26N4O. The van der Waals surface area contributed by atoms with Crippen molar-refractivity contribution in [3.8, 4) is 12.3 Å². The monoisotopic (exact) mass is 314 g/mol. The molecule has 0 radical (unpaired) electrons. The van der Waals surface area contributed by atoms with Gasteiger partial charge in [0.25, 0.3) is 5.91 Å². The van der Waals surface area contributed by atoms with Crippen LogP contribution in [-0.4, -0.2) is 42.9 Å². The van der Waals surface area contributed by atoms with Crippen LogP contribution in [0.15, 0.2) is 29.3 Å². The van der Waals surface area contributed by atoms with Gasteiger partial charge in [-0.1, -0.05) is 18.1 Å². The first-order chi connectivity index (χ1) is 11.2. The van der Waals surface area contributed by atoms with Gasteiger partial charge in [-0.05, 0) is 38.5 Å². The molecule has 124 valence electrons. The van der Waals surface area contributed by atoms with E-state index >= 15 is 0 Å². The Kier molecular flexibility index (Phi) is 8.30. The SMILES string of the molecule is C#CCNC(=NCc1ccc(C(=O)N(CC)CC)cc1)NCC. The Balaban J connectivity index is 2.72. The minimum absolute atomic E-state index is 0.0640. The molecule has 0 aliphatic heterocycles. The molecule has 0 spiro atoms. The molecule has 1 aromatic rings. The standard InChI is InChI=1S/C18H26N4O/c1-5-13-20-18(19-6-2)21-14-15-9-11-16(12-10-15)17(23)22(7-3)8-4/h1,9-12H,6-8,13-14H2,2-4H3,(H2,19,20,21). The zero-order valence-corrected chi connectivity index (χ0v) is 14.2. The number of aliphatic imine (C=N–C) groups is 1. The fourth-order valence-corrected chi connectivity index (χ4v) is 2.09. The summed E-state index contributed by atoms with van der Waals surface area (Å²) in [6.07, 6.45) is 5.24. The highest BCUT2D eigenvalue weighted by molar-refractivity contribution is 5.94. The number of carbonyl (C=O) groups excluding carboxylic acids is 1. The van der Waals surface area contributed by atoms with Gasteiger partial charge in [-0.25, -0.2) is 4.99 Å². The van der Waals surface area contributed by atoms with Crippen molar-refractivity contribution in [2.75, 3.05) is 26.2 Å². The van der Waals surface area contributed by atoms with Crippen LogP contribution in [0.4, 0.5) is 0 Å². The fourth-order valence-electron chi connectivity index (χ4n) is 2.09. The molecule has 0 bridgehead atoms. The highest BCUT2D eigenvalue weighted by atomic mass is 16.2. The molecule has 23 heavy (non-hydrogen) atoms. The first-order valence-corrected chi connectivity index (χ1v) is 8.00. The molecule has 0 aliphatic carbocycles. The summed E-state index contributed by atoms with van der Waals surface area (Å²) >= 11 is 0. The van der Waals surface area contributed by atoms with Crippen LogP contribution in [0.3, 0.4) is 0 Å². The van der Waals surface area contributed by atoms with Crippen molar-refractivity contribution >= 4 is 11.9 Å². The molecule has 0 unspecified atom stereocenters. The Morgan fingerprint density at radius 3 is 2.35 bits per heavy atom. The van der Waals surface area contributed by atoms with Crippen LogP contribution in [0.2, 0.25) is 0 Å². The van der Waals surface area contributed by atoms with Gasteiger partial charge < -0.3 is 15.5 Å². The third-order valence-corrected chi connectivity index (χ3v) is 3.37. The van der Waals surface area contributed by atoms with Crippen molar-refractivity contribution in [2.45, 2.75) is 27.3 Å². The van der Waals surface area contributed by atoms with Crippen LogP contribution < -0.4 is 10.6 Å². The van der Waals surface area contributed by atoms with Crippen LogP contribution in [0.5, 0.6) is 0 Å². The van der Waals surface area contributed by atoms with Gasteiger partial charge in [0.15, 0.2) is 5.96 Å². The number of nitrogens with one attached hydrogen (secondary N) is 2. The van der Waals surface area contributed by atoms with Crippen LogP contribution >= 0.6 is 0 Å². The Bertz CT molecular complexity index is 553. The summed E-state index contributed by atoms with van der Waals surface area (Å²) in [6.45, 7) is 9.13. The molecule has 1 aromatic carbocycles. The molecule has 5 heteroatoms. The van der Waals surface area contributed by atoms with Gasteiger partial charge in [0, 0.05) is 25.2 Å². The summed E-state index contributed by atoms with van der Waals surface area (Å²) in [6, 6.07) is 7.58. The number of rotatable bonds is 7. The second kappa shape index (κ2) is 10.3. The molecule has 5 nitrogen and oxygen atoms in total. The van der Waals surface area contributed by atoms with Crippen LogP contribution in [0.25, 0.3) is 0 Å². The highest BCUT2D eigenvalue weighted by Crippen LogP contribution is 2.08. The van der Waals surface area contributed by atoms with Gasteiger partial charge in [-0.2, -0.15) is 0 Å². The normalized spacial score (nSPS) is 10.8. The quantitative estimate of drug-likeness (QED) is 0.459. The third kappa shape index (κ3) is 6.03. The lowest BCUT2D eigenvalue weighted by Crippen LogP contribution is -2.37. The van der Waals surface area contributed by atoms with E-state index in [-0.39, 0.29) is 5.91 Å². The number of benzene rings is 1. The molecule has 0 aromatic heterocycles. The van der Waals surface area contributed by atoms with E-state index in [9.17, 15) is 4.79 Å². The van der Waals surface area contributed by atoms with E-state index in [0.29, 0.717) is 37.7 Å². The number of hydrogen-bond acceptors (Lipinski definition) is 2. The van der Waals surface area contributed by atoms with Crippen molar-refractivity contribution in [1.29, 1.82) is 0 Å². The van der Waals surface area contributed by atoms with E-state index in [4.69, 9.17) is 6.42 Å². The lowest BCUT2D eigenvalue weighted by atomic mass is 10.1. The van der Waals surface area contributed by atoms with Crippen molar-refractivity contribution in [2.24, 2.45) is 4.99 Å². The molecule has 1 amide bonds. The molecule has 0 aliphatic rings. The number of carbonyl (C=O) groups is 1. The Morgan fingerprint density at radius 2 is 1.83 bits per heavy atom. The lowest BCUT2D eigenvalue weighted by Gasteiger charge is -2.18. The average Bonchev–Trinajstić information content (AvgIpc) is 2.58. The summed E-state index contributed by atoms with van der Waals surface area (Å²) < 4.78 is 0. The Hall–Kier alpha value is -2.48. The summed E-state index contributed by atoms with van der Waals surface area (Å²) in [5.41, 5.74) is 1.75. The van der Waals surface area contributed by atoms with E-state index in [1.807, 2.05) is 45.0 Å². The van der Waals surface area contributed by atoms with E-state index in [0.717, 1.165) is 12.1 Å². The zero-order chi connectivity index (χ0) is 17.1. The van der Waals surface area contributed by atoms with E-state index in [2.05, 4.69) is 21.5 Å². The van der Waals surface area contributed by atoms with Gasteiger partial charge >= 0.3 is 0 Å². The van der Waals surface area contributed by atoms with E-state index in [1.165, 1.54) is 0 Å². The average molecular weight is 314 g/mol. The molecular weight excluding hydrogens is 288 g/mol. The predicted molar refractivity (Wildman–Crippen MR) is 95.3 cm³/mol. The molecule has 0 atom stereocenters. The zero-order valence-electron chi connectivity index (χ0n) is 14.2. The topological polar surface area (TPSA) is 56.7 Å². The van der Waals surface area contributed by atoms with Gasteiger partial charge in [-0.15, -0.1) is 6.42 Å². The van der Waals surface area contributed by atoms with Crippen molar-refractivity contribution in [3.05, 3.63) is 35.4 Å². The molecule has 2 N–H and O–H groups in total. The predicted octanol–water partition coefficient (Wildman–Crippen LogP) is 1.86. The maximum Gasteiger partial charge on any atom is 0.253 e. The van der Waals surface area contributed by atoms with Gasteiger partial charge in [0.2, 0.25) is 0 Å². The lowest BCUT2D eigenvalue weighted by molar-refractivity contribution is 0.0773. The third-order valence-electron chi connectivity index (χ3n) is 3.37. The molecule has 0 saturated carbocycles. The van der Waals surface area contributed by atoms with Crippen molar-refractivity contribution in [1.82, 2.24) is 15.5 Å². The number of amides is 1. The smallest absolute Gasteiger partial charge is 0.253 e. The van der Waals surface area contributed by atoms with Crippen LogP contribution in [-0.2, 0) is 6.54 Å². The number of nitrogens with zero attached hydrogens (tertiary/aromatic N) is 2. The number of terminal acetylenes is 1. The molecule has 0 saturated heterocycles. The van der Waals surface area contributed by atoms with Crippen molar-refractivity contribution < 1.29 is 4.79 Å². The Labute approximate surface area is 139 Å². The summed E-state index contributed by atoms with van der Waals surface area (Å²) in [5.74, 6) is 3.27. The summed E-state index contributed by atoms with van der Waals surface area (Å²) in [7, 11) is 0. The first kappa shape index (κ1) is 18.6. The molecule has 0 fully saturated rings. The van der Waals surface area contributed by atoms with E-state index in [1.54, 1.807) is 4.90 Å². The second-order valence-electron chi connectivity index (χ2n) is 4.93. The summed E-state index contributed by atoms with van der Waals surface area (Å²) in [4.78, 5) is 18.5. The van der Waals surface area contributed by atoms with Crippen LogP contribution in [0, 0.1) is 12.3 Å². The van der Waals surface area contributed by atoms with Gasteiger partial charge in [-0.3, -0.25) is 4.79 Å². The minimum atomic E-state index is 0.0640. The van der Waals surface area contributed by atoms with Gasteiger partial charge in [0.1, 0.15) is 0 Å². The molecule has 0 heterocycles. The second-order valence-corrected chi connectivity index (χ2v) is 4.93. The fraction of sp³-hybridized carbons (Fsp3) is 0.444. The number of guanidine groups is 1. The van der Waals surface area contributed by atoms with Gasteiger partial charge in [0.05, 0.1) is 13.1 Å². The largest absolute Gasteiger partial charge is 0.357 e.